The molecule has 1 saturated heterocycles. The van der Waals surface area contributed by atoms with Crippen LogP contribution in [-0.2, 0) is 17.9 Å². The number of hydrogen-bond donors (Lipinski definition) is 2. The summed E-state index contributed by atoms with van der Waals surface area (Å²) in [4.78, 5) is 13.4. The number of carboxylic acid groups (broad SMARTS) is 1. The summed E-state index contributed by atoms with van der Waals surface area (Å²) in [5, 5.41) is 12.7. The van der Waals surface area contributed by atoms with Gasteiger partial charge in [-0.1, -0.05) is 30.3 Å². The van der Waals surface area contributed by atoms with Gasteiger partial charge in [-0.05, 0) is 64.3 Å². The highest BCUT2D eigenvalue weighted by molar-refractivity contribution is 5.68. The second-order valence-electron chi connectivity index (χ2n) is 9.78. The van der Waals surface area contributed by atoms with Gasteiger partial charge >= 0.3 is 5.97 Å². The Kier molecular flexibility index (Phi) is 7.02. The van der Waals surface area contributed by atoms with Crippen molar-refractivity contribution >= 4 is 5.97 Å². The van der Waals surface area contributed by atoms with Crippen LogP contribution in [0.2, 0.25) is 0 Å². The molecule has 0 atom stereocenters. The summed E-state index contributed by atoms with van der Waals surface area (Å²) < 4.78 is 19.0. The van der Waals surface area contributed by atoms with E-state index in [0.717, 1.165) is 24.0 Å². The molecule has 0 unspecified atom stereocenters. The lowest BCUT2D eigenvalue weighted by Gasteiger charge is -2.50. The topological polar surface area (TPSA) is 61.8 Å². The third-order valence-electron chi connectivity index (χ3n) is 5.68. The fourth-order valence-electron chi connectivity index (χ4n) is 4.80. The van der Waals surface area contributed by atoms with Crippen molar-refractivity contribution in [3.63, 3.8) is 0 Å². The van der Waals surface area contributed by atoms with Gasteiger partial charge in [0, 0.05) is 35.8 Å². The lowest BCUT2D eigenvalue weighted by atomic mass is 9.78. The molecule has 0 spiro atoms. The molecule has 2 aromatic rings. The first-order chi connectivity index (χ1) is 14.5. The normalized spacial score (nSPS) is 18.1. The lowest BCUT2D eigenvalue weighted by Crippen LogP contribution is -2.62. The monoisotopic (exact) mass is 428 g/mol. The van der Waals surface area contributed by atoms with E-state index in [1.54, 1.807) is 0 Å². The number of aliphatic carboxylic acids is 1. The Morgan fingerprint density at radius 1 is 1.06 bits per heavy atom. The van der Waals surface area contributed by atoms with Crippen molar-refractivity contribution in [3.05, 3.63) is 65.5 Å². The van der Waals surface area contributed by atoms with E-state index in [1.165, 1.54) is 12.1 Å². The number of nitrogens with one attached hydrogen (secondary N) is 1. The summed E-state index contributed by atoms with van der Waals surface area (Å²) in [7, 11) is 0. The third-order valence-corrected chi connectivity index (χ3v) is 5.68. The molecule has 1 aliphatic rings. The van der Waals surface area contributed by atoms with Gasteiger partial charge < -0.3 is 15.2 Å². The molecule has 1 fully saturated rings. The SMILES string of the molecule is CC1(C)CC(N(Cc2ccc(F)cc2)Cc2ccccc2OCC(=O)O)CC(C)(C)N1. The number of halogens is 1. The van der Waals surface area contributed by atoms with E-state index >= 15 is 0 Å². The molecule has 0 aliphatic carbocycles. The number of piperidine rings is 1. The van der Waals surface area contributed by atoms with Crippen LogP contribution in [0.15, 0.2) is 48.5 Å². The minimum Gasteiger partial charge on any atom is -0.482 e. The second-order valence-corrected chi connectivity index (χ2v) is 9.78. The van der Waals surface area contributed by atoms with E-state index in [0.29, 0.717) is 24.9 Å². The standard InChI is InChI=1S/C25H33FN2O3/c1-24(2)13-21(14-25(3,4)27-24)28(15-18-9-11-20(26)12-10-18)16-19-7-5-6-8-22(19)31-17-23(29)30/h5-12,21,27H,13-17H2,1-4H3,(H,29,30). The molecule has 0 aromatic heterocycles. The van der Waals surface area contributed by atoms with Crippen molar-refractivity contribution in [1.29, 1.82) is 0 Å². The Balaban J connectivity index is 1.89. The molecule has 0 amide bonds. The van der Waals surface area contributed by atoms with E-state index in [-0.39, 0.29) is 23.5 Å². The highest BCUT2D eigenvalue weighted by Crippen LogP contribution is 2.34. The minimum absolute atomic E-state index is 0.0210. The number of nitrogens with zero attached hydrogens (tertiary/aromatic N) is 1. The molecular weight excluding hydrogens is 395 g/mol. The lowest BCUT2D eigenvalue weighted by molar-refractivity contribution is -0.139. The van der Waals surface area contributed by atoms with Crippen LogP contribution in [0.25, 0.3) is 0 Å². The molecule has 168 valence electrons. The summed E-state index contributed by atoms with van der Waals surface area (Å²) in [6.07, 6.45) is 1.94. The van der Waals surface area contributed by atoms with E-state index < -0.39 is 5.97 Å². The van der Waals surface area contributed by atoms with Crippen LogP contribution in [0, 0.1) is 5.82 Å². The zero-order valence-corrected chi connectivity index (χ0v) is 18.8. The zero-order valence-electron chi connectivity index (χ0n) is 18.8. The minimum atomic E-state index is -1.00. The first kappa shape index (κ1) is 23.2. The average molecular weight is 429 g/mol. The molecule has 31 heavy (non-hydrogen) atoms. The van der Waals surface area contributed by atoms with Crippen LogP contribution in [0.4, 0.5) is 4.39 Å². The number of ether oxygens (including phenoxy) is 1. The maximum Gasteiger partial charge on any atom is 0.341 e. The van der Waals surface area contributed by atoms with Gasteiger partial charge in [-0.25, -0.2) is 9.18 Å². The smallest absolute Gasteiger partial charge is 0.341 e. The van der Waals surface area contributed by atoms with E-state index in [4.69, 9.17) is 9.84 Å². The van der Waals surface area contributed by atoms with Gasteiger partial charge in [-0.3, -0.25) is 4.90 Å². The van der Waals surface area contributed by atoms with Gasteiger partial charge in [0.1, 0.15) is 11.6 Å². The largest absolute Gasteiger partial charge is 0.482 e. The van der Waals surface area contributed by atoms with Crippen molar-refractivity contribution in [2.45, 2.75) is 70.7 Å². The maximum absolute atomic E-state index is 13.4. The predicted molar refractivity (Wildman–Crippen MR) is 120 cm³/mol. The van der Waals surface area contributed by atoms with Gasteiger partial charge in [0.25, 0.3) is 0 Å². The molecule has 0 radical (unpaired) electrons. The van der Waals surface area contributed by atoms with Crippen LogP contribution < -0.4 is 10.1 Å². The molecular formula is C25H33FN2O3. The van der Waals surface area contributed by atoms with Crippen molar-refractivity contribution in [3.8, 4) is 5.75 Å². The number of benzene rings is 2. The third kappa shape index (κ3) is 6.77. The molecule has 1 heterocycles. The first-order valence-electron chi connectivity index (χ1n) is 10.7. The van der Waals surface area contributed by atoms with Crippen molar-refractivity contribution in [2.75, 3.05) is 6.61 Å². The van der Waals surface area contributed by atoms with E-state index in [1.807, 2.05) is 36.4 Å². The molecule has 3 rings (SSSR count). The first-order valence-corrected chi connectivity index (χ1v) is 10.7. The fraction of sp³-hybridized carbons (Fsp3) is 0.480. The Hall–Kier alpha value is -2.44. The maximum atomic E-state index is 13.4. The van der Waals surface area contributed by atoms with Crippen LogP contribution in [0.1, 0.15) is 51.7 Å². The number of hydrogen-bond acceptors (Lipinski definition) is 4. The highest BCUT2D eigenvalue weighted by Gasteiger charge is 2.40. The summed E-state index contributed by atoms with van der Waals surface area (Å²) in [6.45, 7) is 9.81. The van der Waals surface area contributed by atoms with Crippen molar-refractivity contribution < 1.29 is 19.0 Å². The predicted octanol–water partition coefficient (Wildman–Crippen LogP) is 4.60. The van der Waals surface area contributed by atoms with Crippen LogP contribution in [0.3, 0.4) is 0 Å². The van der Waals surface area contributed by atoms with Crippen LogP contribution in [0.5, 0.6) is 5.75 Å². The molecule has 1 aliphatic heterocycles. The van der Waals surface area contributed by atoms with Gasteiger partial charge in [-0.2, -0.15) is 0 Å². The van der Waals surface area contributed by atoms with Gasteiger partial charge in [0.2, 0.25) is 0 Å². The van der Waals surface area contributed by atoms with Crippen LogP contribution >= 0.6 is 0 Å². The quantitative estimate of drug-likeness (QED) is 0.643. The zero-order chi connectivity index (χ0) is 22.6. The second kappa shape index (κ2) is 9.37. The molecule has 2 aromatic carbocycles. The summed E-state index contributed by atoms with van der Waals surface area (Å²) in [6, 6.07) is 14.5. The Morgan fingerprint density at radius 3 is 2.29 bits per heavy atom. The van der Waals surface area contributed by atoms with E-state index in [2.05, 4.69) is 37.9 Å². The van der Waals surface area contributed by atoms with Gasteiger partial charge in [-0.15, -0.1) is 0 Å². The summed E-state index contributed by atoms with van der Waals surface area (Å²) in [5.74, 6) is -0.659. The number of rotatable bonds is 8. The Bertz CT molecular complexity index is 880. The number of para-hydroxylation sites is 1. The van der Waals surface area contributed by atoms with E-state index in [9.17, 15) is 9.18 Å². The fourth-order valence-corrected chi connectivity index (χ4v) is 4.80. The van der Waals surface area contributed by atoms with Crippen molar-refractivity contribution in [2.24, 2.45) is 0 Å². The van der Waals surface area contributed by atoms with Crippen LogP contribution in [-0.4, -0.2) is 39.7 Å². The molecule has 6 heteroatoms. The molecule has 5 nitrogen and oxygen atoms in total. The van der Waals surface area contributed by atoms with Gasteiger partial charge in [0.15, 0.2) is 6.61 Å². The molecule has 0 saturated carbocycles. The molecule has 0 bridgehead atoms. The summed E-state index contributed by atoms with van der Waals surface area (Å²) in [5.41, 5.74) is 1.94. The number of carbonyl (C=O) groups is 1. The molecule has 2 N–H and O–H groups in total. The number of carboxylic acids is 1. The highest BCUT2D eigenvalue weighted by atomic mass is 19.1. The van der Waals surface area contributed by atoms with Crippen molar-refractivity contribution in [1.82, 2.24) is 10.2 Å². The Labute approximate surface area is 184 Å². The average Bonchev–Trinajstić information content (AvgIpc) is 2.66. The van der Waals surface area contributed by atoms with Gasteiger partial charge in [0.05, 0.1) is 0 Å². The Morgan fingerprint density at radius 2 is 1.68 bits per heavy atom. The summed E-state index contributed by atoms with van der Waals surface area (Å²) >= 11 is 0.